The molecule has 0 aliphatic carbocycles. The van der Waals surface area contributed by atoms with Crippen LogP contribution in [0.4, 0.5) is 0 Å². The Balaban J connectivity index is 2.69. The smallest absolute Gasteiger partial charge is 0.184 e. The van der Waals surface area contributed by atoms with Crippen molar-refractivity contribution in [1.29, 1.82) is 5.26 Å². The van der Waals surface area contributed by atoms with Gasteiger partial charge in [-0.2, -0.15) is 5.26 Å². The summed E-state index contributed by atoms with van der Waals surface area (Å²) < 4.78 is 5.29. The monoisotopic (exact) mass is 196 g/mol. The molecule has 1 atom stereocenters. The summed E-state index contributed by atoms with van der Waals surface area (Å²) in [6, 6.07) is 3.66. The molecule has 0 bridgehead atoms. The fourth-order valence-electron chi connectivity index (χ4n) is 0.822. The molecule has 0 aliphatic rings. The number of hydrogen-bond donors (Lipinski definition) is 0. The van der Waals surface area contributed by atoms with E-state index in [1.165, 1.54) is 12.4 Å². The molecule has 0 saturated heterocycles. The van der Waals surface area contributed by atoms with Crippen LogP contribution >= 0.6 is 11.6 Å². The summed E-state index contributed by atoms with van der Waals surface area (Å²) in [6.45, 7) is 1.88. The van der Waals surface area contributed by atoms with Crippen LogP contribution in [0.3, 0.4) is 0 Å². The van der Waals surface area contributed by atoms with Crippen molar-refractivity contribution in [2.45, 2.75) is 19.4 Å². The minimum atomic E-state index is -0.430. The lowest BCUT2D eigenvalue weighted by atomic mass is 10.3. The summed E-state index contributed by atoms with van der Waals surface area (Å²) in [6.07, 6.45) is 3.26. The van der Waals surface area contributed by atoms with Gasteiger partial charge in [0.2, 0.25) is 0 Å². The third-order valence-corrected chi connectivity index (χ3v) is 1.68. The van der Waals surface area contributed by atoms with Crippen molar-refractivity contribution in [1.82, 2.24) is 4.98 Å². The first-order valence-corrected chi connectivity index (χ1v) is 4.31. The van der Waals surface area contributed by atoms with Crippen LogP contribution in [0, 0.1) is 11.3 Å². The molecule has 0 amide bonds. The number of ether oxygens (including phenoxy) is 1. The van der Waals surface area contributed by atoms with Crippen molar-refractivity contribution in [3.05, 3.63) is 23.5 Å². The molecule has 0 spiro atoms. The predicted molar refractivity (Wildman–Crippen MR) is 49.6 cm³/mol. The van der Waals surface area contributed by atoms with Crippen LogP contribution < -0.4 is 4.74 Å². The van der Waals surface area contributed by atoms with E-state index in [1.54, 1.807) is 6.07 Å². The minimum Gasteiger partial charge on any atom is -0.474 e. The lowest BCUT2D eigenvalue weighted by molar-refractivity contribution is 0.251. The number of nitriles is 1. The summed E-state index contributed by atoms with van der Waals surface area (Å²) in [7, 11) is 0. The highest BCUT2D eigenvalue weighted by atomic mass is 35.5. The second-order valence-electron chi connectivity index (χ2n) is 2.48. The van der Waals surface area contributed by atoms with E-state index in [0.29, 0.717) is 17.2 Å². The molecule has 1 aromatic rings. The van der Waals surface area contributed by atoms with Crippen molar-refractivity contribution in [2.75, 3.05) is 0 Å². The van der Waals surface area contributed by atoms with Crippen LogP contribution in [0.15, 0.2) is 18.5 Å². The number of halogens is 1. The summed E-state index contributed by atoms with van der Waals surface area (Å²) in [5.74, 6) is 0.529. The normalized spacial score (nSPS) is 11.8. The van der Waals surface area contributed by atoms with Gasteiger partial charge in [-0.15, -0.1) is 0 Å². The number of rotatable bonds is 3. The molecule has 3 nitrogen and oxygen atoms in total. The molecule has 0 radical (unpaired) electrons. The second kappa shape index (κ2) is 4.68. The lowest BCUT2D eigenvalue weighted by Gasteiger charge is -2.09. The standard InChI is InChI=1S/C9H9ClN2O/c1-2-8(4-11)13-9-3-7(10)5-12-6-9/h3,5-6,8H,2H2,1H3. The molecule has 1 aromatic heterocycles. The molecule has 4 heteroatoms. The molecular formula is C9H9ClN2O. The van der Waals surface area contributed by atoms with E-state index in [4.69, 9.17) is 21.6 Å². The molecule has 0 fully saturated rings. The SMILES string of the molecule is CCC(C#N)Oc1cncc(Cl)c1. The van der Waals surface area contributed by atoms with Gasteiger partial charge in [0.15, 0.2) is 6.10 Å². The summed E-state index contributed by atoms with van der Waals surface area (Å²) in [5.41, 5.74) is 0. The lowest BCUT2D eigenvalue weighted by Crippen LogP contribution is -2.12. The number of aromatic nitrogens is 1. The zero-order valence-corrected chi connectivity index (χ0v) is 7.95. The predicted octanol–water partition coefficient (Wildman–Crippen LogP) is 2.42. The van der Waals surface area contributed by atoms with E-state index in [1.807, 2.05) is 13.0 Å². The first-order chi connectivity index (χ1) is 6.26. The highest BCUT2D eigenvalue weighted by molar-refractivity contribution is 6.30. The third-order valence-electron chi connectivity index (χ3n) is 1.47. The van der Waals surface area contributed by atoms with E-state index in [-0.39, 0.29) is 0 Å². The van der Waals surface area contributed by atoms with E-state index in [2.05, 4.69) is 4.98 Å². The number of nitrogens with zero attached hydrogens (tertiary/aromatic N) is 2. The Hall–Kier alpha value is -1.27. The van der Waals surface area contributed by atoms with Gasteiger partial charge in [-0.1, -0.05) is 18.5 Å². The average molecular weight is 197 g/mol. The van der Waals surface area contributed by atoms with E-state index in [0.717, 1.165) is 0 Å². The van der Waals surface area contributed by atoms with Gasteiger partial charge in [-0.25, -0.2) is 0 Å². The Morgan fingerprint density at radius 2 is 2.46 bits per heavy atom. The number of pyridine rings is 1. The first kappa shape index (κ1) is 9.82. The zero-order valence-electron chi connectivity index (χ0n) is 7.20. The molecule has 0 aromatic carbocycles. The average Bonchev–Trinajstić information content (AvgIpc) is 2.14. The minimum absolute atomic E-state index is 0.430. The summed E-state index contributed by atoms with van der Waals surface area (Å²) in [4.78, 5) is 3.84. The third kappa shape index (κ3) is 2.92. The highest BCUT2D eigenvalue weighted by Crippen LogP contribution is 2.16. The van der Waals surface area contributed by atoms with Crippen LogP contribution in [0.25, 0.3) is 0 Å². The molecule has 0 aliphatic heterocycles. The zero-order chi connectivity index (χ0) is 9.68. The van der Waals surface area contributed by atoms with Crippen LogP contribution in [0.5, 0.6) is 5.75 Å². The summed E-state index contributed by atoms with van der Waals surface area (Å²) >= 11 is 5.69. The molecule has 0 saturated carbocycles. The maximum absolute atomic E-state index is 8.63. The van der Waals surface area contributed by atoms with Crippen molar-refractivity contribution < 1.29 is 4.74 Å². The van der Waals surface area contributed by atoms with Gasteiger partial charge in [-0.3, -0.25) is 4.98 Å². The van der Waals surface area contributed by atoms with E-state index < -0.39 is 6.10 Å². The summed E-state index contributed by atoms with van der Waals surface area (Å²) in [5, 5.41) is 9.13. The van der Waals surface area contributed by atoms with Gasteiger partial charge in [0.1, 0.15) is 11.8 Å². The molecule has 68 valence electrons. The Morgan fingerprint density at radius 3 is 3.00 bits per heavy atom. The molecule has 13 heavy (non-hydrogen) atoms. The number of hydrogen-bond acceptors (Lipinski definition) is 3. The Morgan fingerprint density at radius 1 is 1.69 bits per heavy atom. The highest BCUT2D eigenvalue weighted by Gasteiger charge is 2.05. The van der Waals surface area contributed by atoms with Gasteiger partial charge in [0, 0.05) is 12.3 Å². The van der Waals surface area contributed by atoms with Crippen molar-refractivity contribution >= 4 is 11.6 Å². The fourth-order valence-corrected chi connectivity index (χ4v) is 0.986. The fraction of sp³-hybridized carbons (Fsp3) is 0.333. The van der Waals surface area contributed by atoms with Gasteiger partial charge in [0.05, 0.1) is 11.2 Å². The second-order valence-corrected chi connectivity index (χ2v) is 2.92. The van der Waals surface area contributed by atoms with Gasteiger partial charge < -0.3 is 4.74 Å². The molecular weight excluding hydrogens is 188 g/mol. The quantitative estimate of drug-likeness (QED) is 0.746. The van der Waals surface area contributed by atoms with Crippen molar-refractivity contribution in [3.63, 3.8) is 0 Å². The topological polar surface area (TPSA) is 45.9 Å². The Labute approximate surface area is 81.9 Å². The van der Waals surface area contributed by atoms with E-state index in [9.17, 15) is 0 Å². The van der Waals surface area contributed by atoms with Crippen LogP contribution in [-0.2, 0) is 0 Å². The molecule has 1 unspecified atom stereocenters. The van der Waals surface area contributed by atoms with Gasteiger partial charge in [0.25, 0.3) is 0 Å². The van der Waals surface area contributed by atoms with Crippen LogP contribution in [-0.4, -0.2) is 11.1 Å². The molecule has 0 N–H and O–H groups in total. The van der Waals surface area contributed by atoms with Crippen LogP contribution in [0.1, 0.15) is 13.3 Å². The van der Waals surface area contributed by atoms with Crippen molar-refractivity contribution in [3.8, 4) is 11.8 Å². The van der Waals surface area contributed by atoms with Gasteiger partial charge >= 0.3 is 0 Å². The molecule has 1 rings (SSSR count). The Kier molecular flexibility index (Phi) is 3.53. The maximum atomic E-state index is 8.63. The Bertz CT molecular complexity index is 322. The first-order valence-electron chi connectivity index (χ1n) is 3.93. The van der Waals surface area contributed by atoms with Crippen molar-refractivity contribution in [2.24, 2.45) is 0 Å². The van der Waals surface area contributed by atoms with Gasteiger partial charge in [-0.05, 0) is 6.42 Å². The molecule has 1 heterocycles. The van der Waals surface area contributed by atoms with E-state index >= 15 is 0 Å². The van der Waals surface area contributed by atoms with Crippen LogP contribution in [0.2, 0.25) is 5.02 Å². The largest absolute Gasteiger partial charge is 0.474 e. The maximum Gasteiger partial charge on any atom is 0.184 e.